The second-order valence-electron chi connectivity index (χ2n) is 4.23. The van der Waals surface area contributed by atoms with E-state index >= 15 is 0 Å². The monoisotopic (exact) mass is 261 g/mol. The zero-order valence-corrected chi connectivity index (χ0v) is 9.88. The number of carbonyl (C=O) groups excluding carboxylic acids is 2. The lowest BCUT2D eigenvalue weighted by Crippen LogP contribution is -2.41. The van der Waals surface area contributed by atoms with Gasteiger partial charge in [0.1, 0.15) is 6.26 Å². The van der Waals surface area contributed by atoms with Gasteiger partial charge in [-0.1, -0.05) is 0 Å². The third kappa shape index (κ3) is 2.49. The summed E-state index contributed by atoms with van der Waals surface area (Å²) in [6.45, 7) is 0. The number of rotatable bonds is 3. The summed E-state index contributed by atoms with van der Waals surface area (Å²) in [5.74, 6) is -0.0549. The van der Waals surface area contributed by atoms with Crippen LogP contribution in [0.4, 0.5) is 0 Å². The number of hydrazine groups is 1. The fourth-order valence-corrected chi connectivity index (χ4v) is 1.56. The minimum absolute atomic E-state index is 0.110. The van der Waals surface area contributed by atoms with Gasteiger partial charge in [-0.2, -0.15) is 0 Å². The molecule has 98 valence electrons. The molecular formula is C12H11N3O4. The highest BCUT2D eigenvalue weighted by atomic mass is 16.3. The van der Waals surface area contributed by atoms with E-state index in [9.17, 15) is 9.59 Å². The van der Waals surface area contributed by atoms with Crippen molar-refractivity contribution in [1.29, 1.82) is 0 Å². The van der Waals surface area contributed by atoms with Crippen LogP contribution in [0.25, 0.3) is 0 Å². The lowest BCUT2D eigenvalue weighted by atomic mass is 10.4. The molecule has 19 heavy (non-hydrogen) atoms. The zero-order valence-electron chi connectivity index (χ0n) is 9.88. The Kier molecular flexibility index (Phi) is 2.79. The van der Waals surface area contributed by atoms with Gasteiger partial charge in [-0.15, -0.1) is 0 Å². The maximum atomic E-state index is 11.7. The Morgan fingerprint density at radius 2 is 2.00 bits per heavy atom. The summed E-state index contributed by atoms with van der Waals surface area (Å²) >= 11 is 0. The van der Waals surface area contributed by atoms with E-state index in [1.54, 1.807) is 6.07 Å². The highest BCUT2D eigenvalue weighted by Gasteiger charge is 2.29. The van der Waals surface area contributed by atoms with Gasteiger partial charge < -0.3 is 8.83 Å². The summed E-state index contributed by atoms with van der Waals surface area (Å²) in [4.78, 5) is 27.3. The number of nitrogens with one attached hydrogen (secondary N) is 2. The van der Waals surface area contributed by atoms with E-state index in [2.05, 4.69) is 15.8 Å². The average molecular weight is 261 g/mol. The van der Waals surface area contributed by atoms with Gasteiger partial charge in [-0.3, -0.25) is 20.4 Å². The molecule has 2 aromatic heterocycles. The lowest BCUT2D eigenvalue weighted by molar-refractivity contribution is 0.0828. The van der Waals surface area contributed by atoms with Gasteiger partial charge in [0.25, 0.3) is 5.91 Å². The molecule has 0 bridgehead atoms. The van der Waals surface area contributed by atoms with Crippen molar-refractivity contribution < 1.29 is 18.4 Å². The molecule has 0 atom stereocenters. The van der Waals surface area contributed by atoms with E-state index in [0.29, 0.717) is 11.8 Å². The molecule has 7 heteroatoms. The molecule has 0 radical (unpaired) electrons. The molecule has 0 unspecified atom stereocenters. The normalized spacial score (nSPS) is 14.1. The third-order valence-corrected chi connectivity index (χ3v) is 2.72. The predicted octanol–water partition coefficient (Wildman–Crippen LogP) is 1.22. The minimum atomic E-state index is -0.538. The Morgan fingerprint density at radius 3 is 2.68 bits per heavy atom. The summed E-state index contributed by atoms with van der Waals surface area (Å²) < 4.78 is 10.1. The molecule has 2 amide bonds. The number of nitrogens with zero attached hydrogens (tertiary/aromatic N) is 1. The van der Waals surface area contributed by atoms with Gasteiger partial charge in [0.2, 0.25) is 0 Å². The molecule has 2 aromatic rings. The molecule has 0 aliphatic heterocycles. The quantitative estimate of drug-likeness (QED) is 0.809. The van der Waals surface area contributed by atoms with Gasteiger partial charge in [0.15, 0.2) is 17.3 Å². The highest BCUT2D eigenvalue weighted by Crippen LogP contribution is 2.39. The molecule has 1 fully saturated rings. The first-order chi connectivity index (χ1) is 9.24. The van der Waals surface area contributed by atoms with Gasteiger partial charge in [-0.25, -0.2) is 4.98 Å². The summed E-state index contributed by atoms with van der Waals surface area (Å²) in [7, 11) is 0. The van der Waals surface area contributed by atoms with Crippen molar-refractivity contribution >= 4 is 11.8 Å². The topological polar surface area (TPSA) is 97.4 Å². The lowest BCUT2D eigenvalue weighted by Gasteiger charge is -2.02. The first-order valence-electron chi connectivity index (χ1n) is 5.83. The van der Waals surface area contributed by atoms with Crippen LogP contribution in [0.1, 0.15) is 45.7 Å². The van der Waals surface area contributed by atoms with Crippen molar-refractivity contribution in [2.75, 3.05) is 0 Å². The number of oxazole rings is 1. The Hall–Kier alpha value is -2.57. The maximum Gasteiger partial charge on any atom is 0.305 e. The molecule has 2 N–H and O–H groups in total. The second-order valence-corrected chi connectivity index (χ2v) is 4.23. The third-order valence-electron chi connectivity index (χ3n) is 2.72. The van der Waals surface area contributed by atoms with E-state index in [1.165, 1.54) is 18.6 Å². The van der Waals surface area contributed by atoms with Crippen molar-refractivity contribution in [3.63, 3.8) is 0 Å². The van der Waals surface area contributed by atoms with Gasteiger partial charge in [-0.05, 0) is 25.0 Å². The van der Waals surface area contributed by atoms with E-state index in [4.69, 9.17) is 8.83 Å². The Morgan fingerprint density at radius 1 is 1.21 bits per heavy atom. The summed E-state index contributed by atoms with van der Waals surface area (Å²) in [5, 5.41) is 0. The largest absolute Gasteiger partial charge is 0.459 e. The van der Waals surface area contributed by atoms with Crippen molar-refractivity contribution in [3.05, 3.63) is 42.0 Å². The Labute approximate surface area is 108 Å². The number of aromatic nitrogens is 1. The molecule has 1 aliphatic carbocycles. The second kappa shape index (κ2) is 4.60. The smallest absolute Gasteiger partial charge is 0.305 e. The van der Waals surface area contributed by atoms with Crippen LogP contribution in [0.15, 0.2) is 33.5 Å². The molecule has 0 aromatic carbocycles. The first-order valence-corrected chi connectivity index (χ1v) is 5.83. The SMILES string of the molecule is O=C(NNC(=O)c1ccco1)c1coc(C2CC2)n1. The van der Waals surface area contributed by atoms with Crippen LogP contribution in [0.5, 0.6) is 0 Å². The average Bonchev–Trinajstić information content (AvgIpc) is 2.96. The van der Waals surface area contributed by atoms with Gasteiger partial charge in [0, 0.05) is 5.92 Å². The zero-order chi connectivity index (χ0) is 13.2. The summed E-state index contributed by atoms with van der Waals surface area (Å²) in [6.07, 6.45) is 4.73. The summed E-state index contributed by atoms with van der Waals surface area (Å²) in [5.41, 5.74) is 4.60. The molecule has 1 saturated carbocycles. The molecular weight excluding hydrogens is 250 g/mol. The van der Waals surface area contributed by atoms with E-state index in [-0.39, 0.29) is 11.5 Å². The summed E-state index contributed by atoms with van der Waals surface area (Å²) in [6, 6.07) is 3.07. The molecule has 7 nitrogen and oxygen atoms in total. The van der Waals surface area contributed by atoms with Crippen LogP contribution in [0.2, 0.25) is 0 Å². The first kappa shape index (κ1) is 11.5. The van der Waals surface area contributed by atoms with Crippen LogP contribution in [0, 0.1) is 0 Å². The number of carbonyl (C=O) groups is 2. The minimum Gasteiger partial charge on any atom is -0.459 e. The van der Waals surface area contributed by atoms with Gasteiger partial charge >= 0.3 is 5.91 Å². The standard InChI is InChI=1S/C12H11N3O4/c16-10(8-6-19-12(13-8)7-3-4-7)14-15-11(17)9-2-1-5-18-9/h1-2,5-7H,3-4H2,(H,14,16)(H,15,17). The fourth-order valence-electron chi connectivity index (χ4n) is 1.56. The Bertz CT molecular complexity index is 598. The predicted molar refractivity (Wildman–Crippen MR) is 62.1 cm³/mol. The number of amides is 2. The van der Waals surface area contributed by atoms with Crippen molar-refractivity contribution in [2.24, 2.45) is 0 Å². The molecule has 0 saturated heterocycles. The van der Waals surface area contributed by atoms with E-state index in [1.807, 2.05) is 0 Å². The van der Waals surface area contributed by atoms with E-state index < -0.39 is 11.8 Å². The van der Waals surface area contributed by atoms with Crippen LogP contribution in [-0.2, 0) is 0 Å². The van der Waals surface area contributed by atoms with Crippen LogP contribution >= 0.6 is 0 Å². The van der Waals surface area contributed by atoms with Crippen molar-refractivity contribution in [2.45, 2.75) is 18.8 Å². The molecule has 0 spiro atoms. The van der Waals surface area contributed by atoms with E-state index in [0.717, 1.165) is 12.8 Å². The number of hydrogen-bond donors (Lipinski definition) is 2. The van der Waals surface area contributed by atoms with Crippen LogP contribution < -0.4 is 10.9 Å². The Balaban J connectivity index is 1.57. The molecule has 1 aliphatic rings. The van der Waals surface area contributed by atoms with Crippen LogP contribution in [-0.4, -0.2) is 16.8 Å². The highest BCUT2D eigenvalue weighted by molar-refractivity contribution is 5.96. The number of furan rings is 1. The molecule has 3 rings (SSSR count). The number of hydrogen-bond acceptors (Lipinski definition) is 5. The maximum absolute atomic E-state index is 11.7. The molecule has 2 heterocycles. The van der Waals surface area contributed by atoms with Crippen molar-refractivity contribution in [3.8, 4) is 0 Å². The van der Waals surface area contributed by atoms with Gasteiger partial charge in [0.05, 0.1) is 6.26 Å². The van der Waals surface area contributed by atoms with Crippen LogP contribution in [0.3, 0.4) is 0 Å². The fraction of sp³-hybridized carbons (Fsp3) is 0.250. The van der Waals surface area contributed by atoms with Crippen molar-refractivity contribution in [1.82, 2.24) is 15.8 Å².